The van der Waals surface area contributed by atoms with E-state index in [1.165, 1.54) is 12.1 Å². The van der Waals surface area contributed by atoms with Crippen molar-refractivity contribution >= 4 is 5.69 Å². The van der Waals surface area contributed by atoms with Crippen LogP contribution >= 0.6 is 0 Å². The van der Waals surface area contributed by atoms with Gasteiger partial charge in [0.05, 0.1) is 17.8 Å². The minimum absolute atomic E-state index is 0.0155. The molecule has 0 aliphatic heterocycles. The van der Waals surface area contributed by atoms with Crippen molar-refractivity contribution in [1.29, 1.82) is 0 Å². The van der Waals surface area contributed by atoms with E-state index in [1.807, 2.05) is 19.9 Å². The molecule has 21 heavy (non-hydrogen) atoms. The van der Waals surface area contributed by atoms with Gasteiger partial charge < -0.3 is 10.1 Å². The molecule has 1 N–H and O–H groups in total. The van der Waals surface area contributed by atoms with Crippen LogP contribution in [0.1, 0.15) is 32.4 Å². The molecule has 1 heterocycles. The number of pyridine rings is 1. The van der Waals surface area contributed by atoms with Gasteiger partial charge in [-0.3, -0.25) is 0 Å². The molecule has 1 atom stereocenters. The number of hydrogen-bond acceptors (Lipinski definition) is 3. The molecule has 1 aromatic carbocycles. The number of rotatable bonds is 5. The van der Waals surface area contributed by atoms with Gasteiger partial charge in [-0.1, -0.05) is 6.07 Å². The first kappa shape index (κ1) is 15.2. The molecular weight excluding hydrogens is 274 g/mol. The van der Waals surface area contributed by atoms with E-state index in [0.717, 1.165) is 6.07 Å². The summed E-state index contributed by atoms with van der Waals surface area (Å²) in [4.78, 5) is 4.16. The molecule has 0 fully saturated rings. The normalized spacial score (nSPS) is 12.3. The van der Waals surface area contributed by atoms with Gasteiger partial charge in [-0.25, -0.2) is 13.8 Å². The molecule has 2 aromatic rings. The molecule has 0 aliphatic carbocycles. The third kappa shape index (κ3) is 3.90. The van der Waals surface area contributed by atoms with Crippen molar-refractivity contribution in [1.82, 2.24) is 4.98 Å². The predicted molar refractivity (Wildman–Crippen MR) is 78.4 cm³/mol. The molecular formula is C16H18F2N2O. The maximum Gasteiger partial charge on any atom is 0.237 e. The van der Waals surface area contributed by atoms with Crippen LogP contribution in [-0.2, 0) is 0 Å². The van der Waals surface area contributed by atoms with Crippen molar-refractivity contribution < 1.29 is 13.5 Å². The highest BCUT2D eigenvalue weighted by molar-refractivity contribution is 5.53. The zero-order valence-corrected chi connectivity index (χ0v) is 12.2. The topological polar surface area (TPSA) is 34.1 Å². The molecule has 1 unspecified atom stereocenters. The maximum absolute atomic E-state index is 13.8. The lowest BCUT2D eigenvalue weighted by Crippen LogP contribution is -2.13. The van der Waals surface area contributed by atoms with Crippen LogP contribution in [0.2, 0.25) is 0 Å². The molecule has 0 spiro atoms. The van der Waals surface area contributed by atoms with E-state index in [9.17, 15) is 8.78 Å². The fourth-order valence-corrected chi connectivity index (χ4v) is 1.98. The highest BCUT2D eigenvalue weighted by atomic mass is 19.1. The van der Waals surface area contributed by atoms with Crippen molar-refractivity contribution in [2.75, 3.05) is 5.32 Å². The highest BCUT2D eigenvalue weighted by Crippen LogP contribution is 2.27. The van der Waals surface area contributed by atoms with Crippen molar-refractivity contribution in [2.45, 2.75) is 32.9 Å². The fraction of sp³-hybridized carbons (Fsp3) is 0.312. The Bertz CT molecular complexity index is 617. The van der Waals surface area contributed by atoms with E-state index in [4.69, 9.17) is 4.74 Å². The third-order valence-corrected chi connectivity index (χ3v) is 2.92. The van der Waals surface area contributed by atoms with E-state index < -0.39 is 11.6 Å². The summed E-state index contributed by atoms with van der Waals surface area (Å²) in [6, 6.07) is 6.78. The Balaban J connectivity index is 2.21. The lowest BCUT2D eigenvalue weighted by Gasteiger charge is -2.19. The molecule has 1 aromatic heterocycles. The largest absolute Gasteiger partial charge is 0.473 e. The Morgan fingerprint density at radius 1 is 1.14 bits per heavy atom. The summed E-state index contributed by atoms with van der Waals surface area (Å²) in [6.45, 7) is 5.60. The van der Waals surface area contributed by atoms with Crippen molar-refractivity contribution in [3.8, 4) is 5.88 Å². The Morgan fingerprint density at radius 3 is 2.57 bits per heavy atom. The molecule has 0 saturated heterocycles. The summed E-state index contributed by atoms with van der Waals surface area (Å²) in [5, 5.41) is 3.14. The Kier molecular flexibility index (Phi) is 4.73. The van der Waals surface area contributed by atoms with Gasteiger partial charge in [0.15, 0.2) is 0 Å². The van der Waals surface area contributed by atoms with E-state index >= 15 is 0 Å². The fourth-order valence-electron chi connectivity index (χ4n) is 1.98. The second-order valence-electron chi connectivity index (χ2n) is 5.05. The van der Waals surface area contributed by atoms with Crippen molar-refractivity contribution in [2.24, 2.45) is 0 Å². The van der Waals surface area contributed by atoms with Crippen molar-refractivity contribution in [3.05, 3.63) is 53.7 Å². The number of benzene rings is 1. The molecule has 0 amide bonds. The quantitative estimate of drug-likeness (QED) is 0.891. The average molecular weight is 292 g/mol. The van der Waals surface area contributed by atoms with Crippen molar-refractivity contribution in [3.63, 3.8) is 0 Å². The first-order valence-electron chi connectivity index (χ1n) is 6.80. The number of nitrogens with one attached hydrogen (secondary N) is 1. The van der Waals surface area contributed by atoms with Gasteiger partial charge in [0, 0.05) is 17.8 Å². The van der Waals surface area contributed by atoms with Crippen LogP contribution in [0, 0.1) is 11.6 Å². The molecule has 112 valence electrons. The zero-order valence-electron chi connectivity index (χ0n) is 12.2. The van der Waals surface area contributed by atoms with Gasteiger partial charge in [0.2, 0.25) is 5.88 Å². The van der Waals surface area contributed by atoms with Crippen LogP contribution in [0.15, 0.2) is 36.5 Å². The molecule has 2 rings (SSSR count). The van der Waals surface area contributed by atoms with Gasteiger partial charge in [0.1, 0.15) is 11.6 Å². The number of aromatic nitrogens is 1. The summed E-state index contributed by atoms with van der Waals surface area (Å²) >= 11 is 0. The molecule has 5 heteroatoms. The van der Waals surface area contributed by atoms with E-state index in [-0.39, 0.29) is 12.1 Å². The summed E-state index contributed by atoms with van der Waals surface area (Å²) in [7, 11) is 0. The number of anilines is 1. The number of nitrogens with zero attached hydrogens (tertiary/aromatic N) is 1. The minimum Gasteiger partial charge on any atom is -0.473 e. The number of hydrogen-bond donors (Lipinski definition) is 1. The van der Waals surface area contributed by atoms with Crippen LogP contribution in [0.3, 0.4) is 0 Å². The first-order valence-corrected chi connectivity index (χ1v) is 6.80. The Labute approximate surface area is 123 Å². The molecule has 0 saturated carbocycles. The van der Waals surface area contributed by atoms with Crippen LogP contribution in [0.5, 0.6) is 5.88 Å². The number of halogens is 2. The summed E-state index contributed by atoms with van der Waals surface area (Å²) in [5.74, 6) is -0.708. The second kappa shape index (κ2) is 6.52. The van der Waals surface area contributed by atoms with E-state index in [0.29, 0.717) is 17.1 Å². The van der Waals surface area contributed by atoms with Crippen LogP contribution in [-0.4, -0.2) is 11.1 Å². The van der Waals surface area contributed by atoms with Gasteiger partial charge in [-0.15, -0.1) is 0 Å². The third-order valence-electron chi connectivity index (χ3n) is 2.92. The smallest absolute Gasteiger partial charge is 0.237 e. The molecule has 0 radical (unpaired) electrons. The zero-order chi connectivity index (χ0) is 15.4. The number of ether oxygens (including phenoxy) is 1. The second-order valence-corrected chi connectivity index (χ2v) is 5.05. The molecule has 0 aliphatic rings. The van der Waals surface area contributed by atoms with Crippen LogP contribution < -0.4 is 10.1 Å². The van der Waals surface area contributed by atoms with Gasteiger partial charge >= 0.3 is 0 Å². The predicted octanol–water partition coefficient (Wildman–Crippen LogP) is 4.32. The lowest BCUT2D eigenvalue weighted by molar-refractivity contribution is 0.234. The van der Waals surface area contributed by atoms with Crippen LogP contribution in [0.25, 0.3) is 0 Å². The Morgan fingerprint density at radius 2 is 1.90 bits per heavy atom. The SMILES string of the molecule is CC(C)Oc1ncccc1NC(C)c1ccc(F)cc1F. The Hall–Kier alpha value is -2.17. The summed E-state index contributed by atoms with van der Waals surface area (Å²) < 4.78 is 32.3. The monoisotopic (exact) mass is 292 g/mol. The van der Waals surface area contributed by atoms with Gasteiger partial charge in [-0.05, 0) is 39.0 Å². The van der Waals surface area contributed by atoms with E-state index in [1.54, 1.807) is 19.2 Å². The minimum atomic E-state index is -0.589. The van der Waals surface area contributed by atoms with Gasteiger partial charge in [-0.2, -0.15) is 0 Å². The van der Waals surface area contributed by atoms with Gasteiger partial charge in [0.25, 0.3) is 0 Å². The van der Waals surface area contributed by atoms with Crippen LogP contribution in [0.4, 0.5) is 14.5 Å². The van der Waals surface area contributed by atoms with E-state index in [2.05, 4.69) is 10.3 Å². The highest BCUT2D eigenvalue weighted by Gasteiger charge is 2.14. The lowest BCUT2D eigenvalue weighted by atomic mass is 10.1. The average Bonchev–Trinajstić information content (AvgIpc) is 2.40. The standard InChI is InChI=1S/C16H18F2N2O/c1-10(2)21-16-15(5-4-8-19-16)20-11(3)13-7-6-12(17)9-14(13)18/h4-11,20H,1-3H3. The maximum atomic E-state index is 13.8. The summed E-state index contributed by atoms with van der Waals surface area (Å²) in [5.41, 5.74) is 1.05. The molecule has 0 bridgehead atoms. The molecule has 3 nitrogen and oxygen atoms in total. The summed E-state index contributed by atoms with van der Waals surface area (Å²) in [6.07, 6.45) is 1.62. The first-order chi connectivity index (χ1) is 9.97.